The molecule has 0 bridgehead atoms. The van der Waals surface area contributed by atoms with Gasteiger partial charge in [0.2, 0.25) is 5.78 Å². The molecule has 2 N–H and O–H groups in total. The third kappa shape index (κ3) is 5.36. The molecule has 2 amide bonds. The van der Waals surface area contributed by atoms with Gasteiger partial charge in [-0.2, -0.15) is 0 Å². The Morgan fingerprint density at radius 1 is 0.892 bits per heavy atom. The van der Waals surface area contributed by atoms with Gasteiger partial charge in [-0.25, -0.2) is 18.0 Å². The van der Waals surface area contributed by atoms with Crippen molar-refractivity contribution in [3.05, 3.63) is 89.6 Å². The minimum absolute atomic E-state index is 0.118. The minimum Gasteiger partial charge on any atom is -0.378 e. The number of carbonyl (C=O) groups excluding carboxylic acids is 2. The smallest absolute Gasteiger partial charge is 0.323 e. The van der Waals surface area contributed by atoms with E-state index in [0.717, 1.165) is 23.9 Å². The fourth-order valence-electron chi connectivity index (χ4n) is 3.96. The molecule has 0 spiro atoms. The molecule has 37 heavy (non-hydrogen) atoms. The van der Waals surface area contributed by atoms with Gasteiger partial charge in [-0.15, -0.1) is 0 Å². The Balaban J connectivity index is 1.40. The molecule has 0 unspecified atom stereocenters. The number of nitrogens with one attached hydrogen (secondary N) is 2. The largest absolute Gasteiger partial charge is 0.378 e. The molecular formula is C26H20F3N5O3. The van der Waals surface area contributed by atoms with Gasteiger partial charge in [0.25, 0.3) is 0 Å². The van der Waals surface area contributed by atoms with Gasteiger partial charge in [0.15, 0.2) is 11.6 Å². The molecule has 0 atom stereocenters. The number of ketones is 1. The van der Waals surface area contributed by atoms with Gasteiger partial charge >= 0.3 is 6.03 Å². The van der Waals surface area contributed by atoms with Crippen LogP contribution in [-0.2, 0) is 4.74 Å². The molecule has 0 aliphatic carbocycles. The lowest BCUT2D eigenvalue weighted by atomic mass is 10.0. The molecule has 2 aromatic heterocycles. The maximum atomic E-state index is 14.6. The summed E-state index contributed by atoms with van der Waals surface area (Å²) in [5.74, 6) is -4.13. The van der Waals surface area contributed by atoms with Gasteiger partial charge in [-0.1, -0.05) is 6.07 Å². The Bertz CT molecular complexity index is 1510. The molecule has 5 rings (SSSR count). The van der Waals surface area contributed by atoms with Gasteiger partial charge in [-0.3, -0.25) is 14.8 Å². The first kappa shape index (κ1) is 24.2. The van der Waals surface area contributed by atoms with E-state index in [1.807, 2.05) is 6.07 Å². The van der Waals surface area contributed by atoms with Crippen LogP contribution in [0.25, 0.3) is 10.9 Å². The van der Waals surface area contributed by atoms with E-state index >= 15 is 0 Å². The molecule has 1 aliphatic rings. The zero-order valence-electron chi connectivity index (χ0n) is 19.3. The zero-order valence-corrected chi connectivity index (χ0v) is 19.3. The first-order chi connectivity index (χ1) is 17.9. The highest BCUT2D eigenvalue weighted by Gasteiger charge is 2.21. The van der Waals surface area contributed by atoms with Crippen molar-refractivity contribution in [2.45, 2.75) is 0 Å². The number of urea groups is 1. The van der Waals surface area contributed by atoms with Crippen molar-refractivity contribution in [1.82, 2.24) is 9.97 Å². The molecule has 3 heterocycles. The number of morpholine rings is 1. The highest BCUT2D eigenvalue weighted by molar-refractivity contribution is 6.10. The SMILES string of the molecule is O=C(Nc1cccc(F)c1)Nc1cc(F)c(F)c(C(=O)c2cc3cc(N4CCOCC4)cnc3cn2)c1. The number of fused-ring (bicyclic) bond motifs is 1. The molecule has 0 radical (unpaired) electrons. The number of anilines is 3. The maximum Gasteiger partial charge on any atom is 0.323 e. The summed E-state index contributed by atoms with van der Waals surface area (Å²) in [4.78, 5) is 36.0. The average Bonchev–Trinajstić information content (AvgIpc) is 2.90. The standard InChI is InChI=1S/C26H20F3N5O3/c27-16-2-1-3-17(10-16)32-26(36)33-18-11-20(24(29)21(28)12-18)25(35)22-9-15-8-19(13-30-23(15)14-31-22)34-4-6-37-7-5-34/h1-3,8-14H,4-7H2,(H2,32,33,36). The van der Waals surface area contributed by atoms with Crippen molar-refractivity contribution in [2.75, 3.05) is 41.8 Å². The zero-order chi connectivity index (χ0) is 25.9. The number of carbonyl (C=O) groups is 2. The summed E-state index contributed by atoms with van der Waals surface area (Å²) < 4.78 is 47.7. The van der Waals surface area contributed by atoms with Crippen molar-refractivity contribution >= 4 is 39.8 Å². The summed E-state index contributed by atoms with van der Waals surface area (Å²) in [6.07, 6.45) is 3.09. The molecule has 4 aromatic rings. The quantitative estimate of drug-likeness (QED) is 0.378. The number of aromatic nitrogens is 2. The van der Waals surface area contributed by atoms with Crippen LogP contribution in [0.4, 0.5) is 35.0 Å². The number of rotatable bonds is 5. The van der Waals surface area contributed by atoms with E-state index in [9.17, 15) is 22.8 Å². The minimum atomic E-state index is -1.37. The van der Waals surface area contributed by atoms with Crippen LogP contribution in [0.15, 0.2) is 60.9 Å². The number of hydrogen-bond donors (Lipinski definition) is 2. The predicted octanol–water partition coefficient (Wildman–Crippen LogP) is 4.76. The normalized spacial score (nSPS) is 13.4. The van der Waals surface area contributed by atoms with Crippen LogP contribution < -0.4 is 15.5 Å². The summed E-state index contributed by atoms with van der Waals surface area (Å²) in [6.45, 7) is 2.57. The molecule has 1 aliphatic heterocycles. The second-order valence-corrected chi connectivity index (χ2v) is 8.29. The first-order valence-electron chi connectivity index (χ1n) is 11.3. The number of nitrogens with zero attached hydrogens (tertiary/aromatic N) is 3. The summed E-state index contributed by atoms with van der Waals surface area (Å²) in [7, 11) is 0. The Labute approximate surface area is 209 Å². The summed E-state index contributed by atoms with van der Waals surface area (Å²) in [5, 5.41) is 5.30. The van der Waals surface area contributed by atoms with E-state index in [-0.39, 0.29) is 17.1 Å². The summed E-state index contributed by atoms with van der Waals surface area (Å²) in [5.41, 5.74) is 0.631. The maximum absolute atomic E-state index is 14.6. The van der Waals surface area contributed by atoms with Crippen LogP contribution in [0.2, 0.25) is 0 Å². The van der Waals surface area contributed by atoms with Crippen molar-refractivity contribution in [3.8, 4) is 0 Å². The third-order valence-electron chi connectivity index (χ3n) is 5.78. The van der Waals surface area contributed by atoms with Crippen molar-refractivity contribution in [3.63, 3.8) is 0 Å². The van der Waals surface area contributed by atoms with E-state index in [1.54, 1.807) is 6.20 Å². The Hall–Kier alpha value is -4.51. The molecule has 0 saturated carbocycles. The molecule has 1 fully saturated rings. The van der Waals surface area contributed by atoms with E-state index in [1.165, 1.54) is 30.5 Å². The van der Waals surface area contributed by atoms with Crippen molar-refractivity contribution in [2.24, 2.45) is 0 Å². The summed E-state index contributed by atoms with van der Waals surface area (Å²) in [6, 6.07) is 9.37. The Morgan fingerprint density at radius 2 is 1.68 bits per heavy atom. The predicted molar refractivity (Wildman–Crippen MR) is 131 cm³/mol. The lowest BCUT2D eigenvalue weighted by Crippen LogP contribution is -2.36. The highest BCUT2D eigenvalue weighted by Crippen LogP contribution is 2.25. The van der Waals surface area contributed by atoms with Crippen LogP contribution in [-0.4, -0.2) is 48.1 Å². The van der Waals surface area contributed by atoms with Gasteiger partial charge < -0.3 is 20.3 Å². The van der Waals surface area contributed by atoms with Gasteiger partial charge in [-0.05, 0) is 36.4 Å². The molecular weight excluding hydrogens is 487 g/mol. The van der Waals surface area contributed by atoms with Crippen LogP contribution in [0, 0.1) is 17.5 Å². The number of halogens is 3. The molecule has 188 valence electrons. The molecule has 11 heteroatoms. The van der Waals surface area contributed by atoms with Gasteiger partial charge in [0, 0.05) is 35.9 Å². The van der Waals surface area contributed by atoms with E-state index in [4.69, 9.17) is 4.74 Å². The highest BCUT2D eigenvalue weighted by atomic mass is 19.2. The van der Waals surface area contributed by atoms with E-state index in [2.05, 4.69) is 25.5 Å². The third-order valence-corrected chi connectivity index (χ3v) is 5.78. The Kier molecular flexibility index (Phi) is 6.69. The van der Waals surface area contributed by atoms with Crippen LogP contribution in [0.3, 0.4) is 0 Å². The fourth-order valence-corrected chi connectivity index (χ4v) is 3.96. The number of ether oxygens (including phenoxy) is 1. The number of benzene rings is 2. The second kappa shape index (κ2) is 10.2. The lowest BCUT2D eigenvalue weighted by molar-refractivity contribution is 0.102. The topological polar surface area (TPSA) is 96.5 Å². The molecule has 1 saturated heterocycles. The average molecular weight is 507 g/mol. The summed E-state index contributed by atoms with van der Waals surface area (Å²) >= 11 is 0. The number of amides is 2. The van der Waals surface area contributed by atoms with Gasteiger partial charge in [0.05, 0.1) is 42.4 Å². The molecule has 8 nitrogen and oxygen atoms in total. The lowest BCUT2D eigenvalue weighted by Gasteiger charge is -2.28. The number of hydrogen-bond acceptors (Lipinski definition) is 6. The van der Waals surface area contributed by atoms with Crippen LogP contribution in [0.5, 0.6) is 0 Å². The first-order valence-corrected chi connectivity index (χ1v) is 11.3. The van der Waals surface area contributed by atoms with Gasteiger partial charge in [0.1, 0.15) is 11.5 Å². The Morgan fingerprint density at radius 3 is 2.46 bits per heavy atom. The number of pyridine rings is 2. The van der Waals surface area contributed by atoms with E-state index in [0.29, 0.717) is 37.2 Å². The second-order valence-electron chi connectivity index (χ2n) is 8.29. The van der Waals surface area contributed by atoms with Crippen LogP contribution in [0.1, 0.15) is 16.1 Å². The monoisotopic (exact) mass is 507 g/mol. The molecule has 2 aromatic carbocycles. The fraction of sp³-hybridized carbons (Fsp3) is 0.154. The van der Waals surface area contributed by atoms with E-state index < -0.39 is 34.8 Å². The van der Waals surface area contributed by atoms with Crippen LogP contribution >= 0.6 is 0 Å². The van der Waals surface area contributed by atoms with Crippen molar-refractivity contribution in [1.29, 1.82) is 0 Å². The van der Waals surface area contributed by atoms with Crippen molar-refractivity contribution < 1.29 is 27.5 Å².